The highest BCUT2D eigenvalue weighted by Gasteiger charge is 2.32. The molecule has 0 radical (unpaired) electrons. The topological polar surface area (TPSA) is 41.1 Å². The van der Waals surface area contributed by atoms with Crippen LogP contribution in [0.15, 0.2) is 24.3 Å². The van der Waals surface area contributed by atoms with Crippen LogP contribution >= 0.6 is 0 Å². The maximum Gasteiger partial charge on any atom is 0.416 e. The largest absolute Gasteiger partial charge is 0.416 e. The van der Waals surface area contributed by atoms with E-state index in [1.54, 1.807) is 6.07 Å². The minimum absolute atomic E-state index is 0.0486. The molecule has 1 aliphatic rings. The van der Waals surface area contributed by atoms with Crippen LogP contribution in [0.2, 0.25) is 0 Å². The summed E-state index contributed by atoms with van der Waals surface area (Å²) in [4.78, 5) is 12.5. The molecule has 1 saturated heterocycles. The van der Waals surface area contributed by atoms with Gasteiger partial charge in [-0.1, -0.05) is 32.0 Å². The van der Waals surface area contributed by atoms with Crippen LogP contribution in [0.3, 0.4) is 0 Å². The van der Waals surface area contributed by atoms with Crippen LogP contribution in [0.25, 0.3) is 0 Å². The van der Waals surface area contributed by atoms with Crippen molar-refractivity contribution in [1.82, 2.24) is 10.6 Å². The van der Waals surface area contributed by atoms with Gasteiger partial charge in [0.25, 0.3) is 0 Å². The van der Waals surface area contributed by atoms with E-state index in [0.29, 0.717) is 18.5 Å². The molecule has 1 heterocycles. The molecule has 2 N–H and O–H groups in total. The second-order valence-electron chi connectivity index (χ2n) is 6.86. The Morgan fingerprint density at radius 1 is 1.33 bits per heavy atom. The first-order valence-corrected chi connectivity index (χ1v) is 8.41. The molecular formula is C18H25F3N2O. The summed E-state index contributed by atoms with van der Waals surface area (Å²) in [5.41, 5.74) is -0.246. The Kier molecular flexibility index (Phi) is 5.91. The number of amides is 1. The lowest BCUT2D eigenvalue weighted by Gasteiger charge is -2.34. The number of hydrogen-bond donors (Lipinski definition) is 2. The van der Waals surface area contributed by atoms with Gasteiger partial charge >= 0.3 is 6.18 Å². The van der Waals surface area contributed by atoms with E-state index in [2.05, 4.69) is 17.6 Å². The van der Waals surface area contributed by atoms with Gasteiger partial charge in [-0.15, -0.1) is 0 Å². The summed E-state index contributed by atoms with van der Waals surface area (Å²) in [5.74, 6) is -0.755. The smallest absolute Gasteiger partial charge is 0.355 e. The number of alkyl halides is 3. The monoisotopic (exact) mass is 342 g/mol. The quantitative estimate of drug-likeness (QED) is 0.857. The van der Waals surface area contributed by atoms with Crippen molar-refractivity contribution in [1.29, 1.82) is 0 Å². The van der Waals surface area contributed by atoms with Crippen molar-refractivity contribution < 1.29 is 18.0 Å². The Labute approximate surface area is 141 Å². The number of nitrogens with one attached hydrogen (secondary N) is 2. The summed E-state index contributed by atoms with van der Waals surface area (Å²) >= 11 is 0. The van der Waals surface area contributed by atoms with Crippen molar-refractivity contribution in [3.05, 3.63) is 35.4 Å². The normalized spacial score (nSPS) is 18.9. The molecule has 1 atom stereocenters. The van der Waals surface area contributed by atoms with E-state index in [1.807, 2.05) is 6.92 Å². The molecule has 1 amide bonds. The predicted octanol–water partition coefficient (Wildman–Crippen LogP) is 3.70. The van der Waals surface area contributed by atoms with E-state index in [-0.39, 0.29) is 11.3 Å². The van der Waals surface area contributed by atoms with Gasteiger partial charge in [-0.05, 0) is 49.4 Å². The molecular weight excluding hydrogens is 317 g/mol. The van der Waals surface area contributed by atoms with E-state index in [4.69, 9.17) is 0 Å². The van der Waals surface area contributed by atoms with E-state index in [9.17, 15) is 18.0 Å². The molecule has 2 rings (SSSR count). The third-order valence-corrected chi connectivity index (χ3v) is 4.84. The molecule has 0 aliphatic carbocycles. The number of rotatable bonds is 5. The molecule has 0 saturated carbocycles. The number of hydrogen-bond acceptors (Lipinski definition) is 2. The average Bonchev–Trinajstić information content (AvgIpc) is 2.54. The maximum atomic E-state index is 12.9. The fourth-order valence-electron chi connectivity index (χ4n) is 3.14. The SMILES string of the molecule is CCC(C(=O)NCC1(C)CCNCC1)c1cccc(C(F)(F)F)c1. The first-order chi connectivity index (χ1) is 11.2. The molecule has 0 spiro atoms. The molecule has 6 heteroatoms. The van der Waals surface area contributed by atoms with E-state index in [1.165, 1.54) is 6.07 Å². The van der Waals surface area contributed by atoms with Crippen LogP contribution in [0.5, 0.6) is 0 Å². The third kappa shape index (κ3) is 4.72. The molecule has 0 bridgehead atoms. The molecule has 1 fully saturated rings. The third-order valence-electron chi connectivity index (χ3n) is 4.84. The zero-order chi connectivity index (χ0) is 17.8. The molecule has 1 unspecified atom stereocenters. The maximum absolute atomic E-state index is 12.9. The molecule has 24 heavy (non-hydrogen) atoms. The summed E-state index contributed by atoms with van der Waals surface area (Å²) < 4.78 is 38.6. The lowest BCUT2D eigenvalue weighted by molar-refractivity contribution is -0.137. The molecule has 1 aromatic rings. The minimum atomic E-state index is -4.40. The van der Waals surface area contributed by atoms with Crippen LogP contribution in [-0.4, -0.2) is 25.5 Å². The van der Waals surface area contributed by atoms with Gasteiger partial charge in [-0.2, -0.15) is 13.2 Å². The standard InChI is InChI=1S/C18H25F3N2O/c1-3-15(13-5-4-6-14(11-13)18(19,20)21)16(24)23-12-17(2)7-9-22-10-8-17/h4-6,11,15,22H,3,7-10,12H2,1-2H3,(H,23,24). The Hall–Kier alpha value is -1.56. The molecule has 3 nitrogen and oxygen atoms in total. The Morgan fingerprint density at radius 2 is 2.00 bits per heavy atom. The Morgan fingerprint density at radius 3 is 2.58 bits per heavy atom. The van der Waals surface area contributed by atoms with Crippen LogP contribution in [0.4, 0.5) is 13.2 Å². The summed E-state index contributed by atoms with van der Waals surface area (Å²) in [6.07, 6.45) is -1.97. The van der Waals surface area contributed by atoms with Crippen LogP contribution in [0, 0.1) is 5.41 Å². The van der Waals surface area contributed by atoms with Crippen molar-refractivity contribution in [2.75, 3.05) is 19.6 Å². The predicted molar refractivity (Wildman–Crippen MR) is 87.7 cm³/mol. The highest BCUT2D eigenvalue weighted by molar-refractivity contribution is 5.83. The lowest BCUT2D eigenvalue weighted by atomic mass is 9.81. The zero-order valence-electron chi connectivity index (χ0n) is 14.2. The second kappa shape index (κ2) is 7.55. The number of halogens is 3. The van der Waals surface area contributed by atoms with Crippen molar-refractivity contribution in [3.8, 4) is 0 Å². The van der Waals surface area contributed by atoms with Gasteiger partial charge in [0.05, 0.1) is 11.5 Å². The fourth-order valence-corrected chi connectivity index (χ4v) is 3.14. The Balaban J connectivity index is 2.06. The van der Waals surface area contributed by atoms with Gasteiger partial charge in [-0.3, -0.25) is 4.79 Å². The number of carbonyl (C=O) groups excluding carboxylic acids is 1. The molecule has 134 valence electrons. The summed E-state index contributed by atoms with van der Waals surface area (Å²) in [6.45, 7) is 6.37. The van der Waals surface area contributed by atoms with Crippen LogP contribution < -0.4 is 10.6 Å². The van der Waals surface area contributed by atoms with Crippen LogP contribution in [0.1, 0.15) is 50.2 Å². The highest BCUT2D eigenvalue weighted by Crippen LogP contribution is 2.32. The molecule has 0 aromatic heterocycles. The number of benzene rings is 1. The zero-order valence-corrected chi connectivity index (χ0v) is 14.2. The van der Waals surface area contributed by atoms with Crippen molar-refractivity contribution in [2.45, 2.75) is 45.2 Å². The van der Waals surface area contributed by atoms with Crippen molar-refractivity contribution in [2.24, 2.45) is 5.41 Å². The first kappa shape index (κ1) is 18.8. The van der Waals surface area contributed by atoms with E-state index < -0.39 is 17.7 Å². The van der Waals surface area contributed by atoms with Gasteiger partial charge < -0.3 is 10.6 Å². The lowest BCUT2D eigenvalue weighted by Crippen LogP contribution is -2.44. The fraction of sp³-hybridized carbons (Fsp3) is 0.611. The van der Waals surface area contributed by atoms with Gasteiger partial charge in [0.15, 0.2) is 0 Å². The van der Waals surface area contributed by atoms with Gasteiger partial charge in [-0.25, -0.2) is 0 Å². The van der Waals surface area contributed by atoms with Crippen molar-refractivity contribution in [3.63, 3.8) is 0 Å². The van der Waals surface area contributed by atoms with E-state index >= 15 is 0 Å². The second-order valence-corrected chi connectivity index (χ2v) is 6.86. The average molecular weight is 342 g/mol. The van der Waals surface area contributed by atoms with Gasteiger partial charge in [0.1, 0.15) is 0 Å². The van der Waals surface area contributed by atoms with Crippen molar-refractivity contribution >= 4 is 5.91 Å². The number of carbonyl (C=O) groups is 1. The van der Waals surface area contributed by atoms with Crippen LogP contribution in [-0.2, 0) is 11.0 Å². The van der Waals surface area contributed by atoms with Gasteiger partial charge in [0.2, 0.25) is 5.91 Å². The summed E-state index contributed by atoms with van der Waals surface area (Å²) in [5, 5.41) is 6.24. The Bertz CT molecular complexity index is 566. The first-order valence-electron chi connectivity index (χ1n) is 8.41. The number of piperidine rings is 1. The summed E-state index contributed by atoms with van der Waals surface area (Å²) in [7, 11) is 0. The molecule has 1 aliphatic heterocycles. The highest BCUT2D eigenvalue weighted by atomic mass is 19.4. The van der Waals surface area contributed by atoms with E-state index in [0.717, 1.165) is 38.1 Å². The van der Waals surface area contributed by atoms with Gasteiger partial charge in [0, 0.05) is 6.54 Å². The minimum Gasteiger partial charge on any atom is -0.355 e. The summed E-state index contributed by atoms with van der Waals surface area (Å²) in [6, 6.07) is 5.07. The molecule has 1 aromatic carbocycles.